The lowest BCUT2D eigenvalue weighted by Gasteiger charge is -1.99. The van der Waals surface area contributed by atoms with Gasteiger partial charge in [-0.2, -0.15) is 0 Å². The Bertz CT molecular complexity index is 1020. The summed E-state index contributed by atoms with van der Waals surface area (Å²) in [6.45, 7) is 0.211. The first-order chi connectivity index (χ1) is 13.2. The molecule has 7 nitrogen and oxygen atoms in total. The standard InChI is InChI=1S/C19H15N3O4S/c1-27-14-4-2-3-13(10-14)18-21-22-19(26-18)20-17(23)8-6-12-5-7-15-16(9-12)25-11-24-15/h2-10H,11H2,1H3,(H,20,22,23). The molecular weight excluding hydrogens is 366 g/mol. The highest BCUT2D eigenvalue weighted by molar-refractivity contribution is 7.98. The van der Waals surface area contributed by atoms with Crippen molar-refractivity contribution in [1.82, 2.24) is 10.2 Å². The molecule has 2 aromatic carbocycles. The molecule has 0 saturated carbocycles. The first kappa shape index (κ1) is 17.2. The monoisotopic (exact) mass is 381 g/mol. The number of benzene rings is 2. The Morgan fingerprint density at radius 1 is 1.15 bits per heavy atom. The van der Waals surface area contributed by atoms with Crippen LogP contribution in [-0.4, -0.2) is 29.2 Å². The van der Waals surface area contributed by atoms with Crippen molar-refractivity contribution in [3.63, 3.8) is 0 Å². The van der Waals surface area contributed by atoms with E-state index in [-0.39, 0.29) is 18.7 Å². The van der Waals surface area contributed by atoms with Gasteiger partial charge in [-0.15, -0.1) is 16.9 Å². The molecule has 1 aliphatic heterocycles. The van der Waals surface area contributed by atoms with Crippen LogP contribution < -0.4 is 14.8 Å². The first-order valence-corrected chi connectivity index (χ1v) is 9.30. The largest absolute Gasteiger partial charge is 0.454 e. The number of rotatable bonds is 5. The second-order valence-electron chi connectivity index (χ2n) is 5.58. The Kier molecular flexibility index (Phi) is 4.80. The molecule has 0 fully saturated rings. The zero-order chi connectivity index (χ0) is 18.6. The van der Waals surface area contributed by atoms with E-state index in [4.69, 9.17) is 13.9 Å². The van der Waals surface area contributed by atoms with E-state index in [0.717, 1.165) is 16.0 Å². The Morgan fingerprint density at radius 2 is 2.04 bits per heavy atom. The average Bonchev–Trinajstić information content (AvgIpc) is 3.35. The highest BCUT2D eigenvalue weighted by atomic mass is 32.2. The number of carbonyl (C=O) groups is 1. The average molecular weight is 381 g/mol. The van der Waals surface area contributed by atoms with E-state index in [1.54, 1.807) is 30.0 Å². The van der Waals surface area contributed by atoms with Gasteiger partial charge in [0.1, 0.15) is 0 Å². The van der Waals surface area contributed by atoms with Crippen molar-refractivity contribution in [1.29, 1.82) is 0 Å². The fraction of sp³-hybridized carbons (Fsp3) is 0.105. The van der Waals surface area contributed by atoms with Crippen molar-refractivity contribution >= 4 is 29.8 Å². The number of amides is 1. The van der Waals surface area contributed by atoms with E-state index >= 15 is 0 Å². The minimum absolute atomic E-state index is 0.0416. The number of aromatic nitrogens is 2. The molecular formula is C19H15N3O4S. The summed E-state index contributed by atoms with van der Waals surface area (Å²) in [5.41, 5.74) is 1.61. The number of nitrogens with zero attached hydrogens (tertiary/aromatic N) is 2. The van der Waals surface area contributed by atoms with Gasteiger partial charge < -0.3 is 13.9 Å². The summed E-state index contributed by atoms with van der Waals surface area (Å²) in [4.78, 5) is 13.2. The third kappa shape index (κ3) is 3.95. The van der Waals surface area contributed by atoms with Crippen LogP contribution in [-0.2, 0) is 4.79 Å². The van der Waals surface area contributed by atoms with E-state index in [9.17, 15) is 4.79 Å². The number of nitrogens with one attached hydrogen (secondary N) is 1. The molecule has 0 aliphatic carbocycles. The van der Waals surface area contributed by atoms with Gasteiger partial charge in [-0.1, -0.05) is 17.2 Å². The van der Waals surface area contributed by atoms with Crippen LogP contribution in [0.2, 0.25) is 0 Å². The van der Waals surface area contributed by atoms with Crippen LogP contribution in [0.15, 0.2) is 57.9 Å². The molecule has 0 saturated heterocycles. The van der Waals surface area contributed by atoms with E-state index in [0.29, 0.717) is 17.4 Å². The van der Waals surface area contributed by atoms with Crippen molar-refractivity contribution < 1.29 is 18.7 Å². The molecule has 8 heteroatoms. The molecule has 1 amide bonds. The maximum Gasteiger partial charge on any atom is 0.322 e. The molecule has 0 bridgehead atoms. The lowest BCUT2D eigenvalue weighted by Crippen LogP contribution is -2.07. The number of hydrogen-bond acceptors (Lipinski definition) is 7. The number of anilines is 1. The Labute approximate surface area is 159 Å². The number of hydrogen-bond donors (Lipinski definition) is 1. The predicted octanol–water partition coefficient (Wildman–Crippen LogP) is 3.84. The van der Waals surface area contributed by atoms with E-state index in [1.807, 2.05) is 36.6 Å². The maximum absolute atomic E-state index is 12.1. The molecule has 136 valence electrons. The molecule has 1 aromatic heterocycles. The Morgan fingerprint density at radius 3 is 2.93 bits per heavy atom. The zero-order valence-electron chi connectivity index (χ0n) is 14.3. The summed E-state index contributed by atoms with van der Waals surface area (Å²) in [5, 5.41) is 10.4. The van der Waals surface area contributed by atoms with Crippen LogP contribution in [0.5, 0.6) is 11.5 Å². The molecule has 0 unspecified atom stereocenters. The van der Waals surface area contributed by atoms with Gasteiger partial charge in [-0.3, -0.25) is 10.1 Å². The number of carbonyl (C=O) groups excluding carboxylic acids is 1. The highest BCUT2D eigenvalue weighted by Crippen LogP contribution is 2.32. The Hall–Kier alpha value is -3.26. The normalized spacial score (nSPS) is 12.5. The predicted molar refractivity (Wildman–Crippen MR) is 102 cm³/mol. The van der Waals surface area contributed by atoms with Crippen LogP contribution in [0.4, 0.5) is 6.01 Å². The number of ether oxygens (including phenoxy) is 2. The lowest BCUT2D eigenvalue weighted by molar-refractivity contribution is -0.112. The highest BCUT2D eigenvalue weighted by Gasteiger charge is 2.13. The summed E-state index contributed by atoms with van der Waals surface area (Å²) >= 11 is 1.62. The molecule has 3 aromatic rings. The van der Waals surface area contributed by atoms with E-state index in [1.165, 1.54) is 6.08 Å². The lowest BCUT2D eigenvalue weighted by atomic mass is 10.2. The smallest absolute Gasteiger partial charge is 0.322 e. The summed E-state index contributed by atoms with van der Waals surface area (Å²) in [6.07, 6.45) is 5.04. The molecule has 0 atom stereocenters. The van der Waals surface area contributed by atoms with Crippen molar-refractivity contribution in [3.8, 4) is 23.0 Å². The molecule has 4 rings (SSSR count). The minimum atomic E-state index is -0.374. The summed E-state index contributed by atoms with van der Waals surface area (Å²) in [7, 11) is 0. The minimum Gasteiger partial charge on any atom is -0.454 e. The molecule has 0 spiro atoms. The van der Waals surface area contributed by atoms with Crippen molar-refractivity contribution in [2.24, 2.45) is 0 Å². The van der Waals surface area contributed by atoms with Crippen LogP contribution in [0.1, 0.15) is 5.56 Å². The molecule has 2 heterocycles. The second kappa shape index (κ2) is 7.55. The first-order valence-electron chi connectivity index (χ1n) is 8.08. The quantitative estimate of drug-likeness (QED) is 0.531. The number of fused-ring (bicyclic) bond motifs is 1. The second-order valence-corrected chi connectivity index (χ2v) is 6.46. The third-order valence-corrected chi connectivity index (χ3v) is 4.52. The Balaban J connectivity index is 1.42. The van der Waals surface area contributed by atoms with Crippen molar-refractivity contribution in [3.05, 3.63) is 54.1 Å². The van der Waals surface area contributed by atoms with Gasteiger partial charge in [0.05, 0.1) is 0 Å². The van der Waals surface area contributed by atoms with Gasteiger partial charge in [0, 0.05) is 16.5 Å². The molecule has 1 aliphatic rings. The fourth-order valence-corrected chi connectivity index (χ4v) is 2.94. The van der Waals surface area contributed by atoms with Gasteiger partial charge in [-0.25, -0.2) is 0 Å². The van der Waals surface area contributed by atoms with E-state index < -0.39 is 0 Å². The summed E-state index contributed by atoms with van der Waals surface area (Å²) in [5.74, 6) is 1.33. The van der Waals surface area contributed by atoms with Crippen molar-refractivity contribution in [2.45, 2.75) is 4.90 Å². The van der Waals surface area contributed by atoms with Crippen LogP contribution in [0, 0.1) is 0 Å². The third-order valence-electron chi connectivity index (χ3n) is 3.80. The maximum atomic E-state index is 12.1. The number of thioether (sulfide) groups is 1. The SMILES string of the molecule is CSc1cccc(-c2nnc(NC(=O)C=Cc3ccc4c(c3)OCO4)o2)c1. The van der Waals surface area contributed by atoms with Gasteiger partial charge >= 0.3 is 6.01 Å². The van der Waals surface area contributed by atoms with Crippen LogP contribution >= 0.6 is 11.8 Å². The summed E-state index contributed by atoms with van der Waals surface area (Å²) < 4.78 is 16.1. The van der Waals surface area contributed by atoms with E-state index in [2.05, 4.69) is 15.5 Å². The molecule has 0 radical (unpaired) electrons. The van der Waals surface area contributed by atoms with Gasteiger partial charge in [-0.05, 0) is 48.2 Å². The van der Waals surface area contributed by atoms with Gasteiger partial charge in [0.2, 0.25) is 12.7 Å². The van der Waals surface area contributed by atoms with Gasteiger partial charge in [0.15, 0.2) is 11.5 Å². The van der Waals surface area contributed by atoms with Gasteiger partial charge in [0.25, 0.3) is 5.91 Å². The molecule has 27 heavy (non-hydrogen) atoms. The zero-order valence-corrected chi connectivity index (χ0v) is 15.2. The fourth-order valence-electron chi connectivity index (χ4n) is 2.48. The summed E-state index contributed by atoms with van der Waals surface area (Å²) in [6, 6.07) is 13.2. The van der Waals surface area contributed by atoms with Crippen LogP contribution in [0.3, 0.4) is 0 Å². The van der Waals surface area contributed by atoms with Crippen LogP contribution in [0.25, 0.3) is 17.5 Å². The molecule has 1 N–H and O–H groups in total. The topological polar surface area (TPSA) is 86.5 Å². The van der Waals surface area contributed by atoms with Crippen molar-refractivity contribution in [2.75, 3.05) is 18.4 Å².